The summed E-state index contributed by atoms with van der Waals surface area (Å²) in [5, 5.41) is 0. The second-order valence-electron chi connectivity index (χ2n) is 2.91. The van der Waals surface area contributed by atoms with Crippen molar-refractivity contribution >= 4 is 22.6 Å². The van der Waals surface area contributed by atoms with E-state index < -0.39 is 0 Å². The predicted molar refractivity (Wildman–Crippen MR) is 57.2 cm³/mol. The second kappa shape index (κ2) is 4.04. The van der Waals surface area contributed by atoms with E-state index in [0.29, 0.717) is 0 Å². The zero-order chi connectivity index (χ0) is 9.14. The Balaban J connectivity index is 2.94. The molecular weight excluding hydrogens is 267 g/mol. The smallest absolute Gasteiger partial charge is 0.248 e. The lowest BCUT2D eigenvalue weighted by Crippen LogP contribution is -2.14. The summed E-state index contributed by atoms with van der Waals surface area (Å²) in [4.78, 5) is 15.6. The van der Waals surface area contributed by atoms with Gasteiger partial charge in [-0.3, -0.25) is 4.79 Å². The van der Waals surface area contributed by atoms with Gasteiger partial charge in [0.25, 0.3) is 0 Å². The largest absolute Gasteiger partial charge is 0.329 e. The van der Waals surface area contributed by atoms with Crippen molar-refractivity contribution in [2.75, 3.05) is 14.1 Å². The molecule has 0 aliphatic rings. The van der Waals surface area contributed by atoms with Crippen LogP contribution in [0.15, 0.2) is 17.1 Å². The Bertz CT molecular complexity index is 319. The number of rotatable bonds is 2. The number of H-pyrrole nitrogens is 1. The number of hydrogen-bond acceptors (Lipinski definition) is 2. The maximum absolute atomic E-state index is 10.9. The van der Waals surface area contributed by atoms with Crippen LogP contribution in [-0.4, -0.2) is 24.0 Å². The Morgan fingerprint density at radius 3 is 2.75 bits per heavy atom. The maximum Gasteiger partial charge on any atom is 0.248 e. The molecule has 66 valence electrons. The van der Waals surface area contributed by atoms with Crippen LogP contribution in [0.2, 0.25) is 0 Å². The minimum absolute atomic E-state index is 0.0399. The lowest BCUT2D eigenvalue weighted by Gasteiger charge is -2.10. The topological polar surface area (TPSA) is 36.1 Å². The molecule has 1 aromatic heterocycles. The summed E-state index contributed by atoms with van der Waals surface area (Å²) in [5.74, 6) is 0. The standard InChI is InChI=1S/C8H11IN2O/c1-11(2)5-6-4-10-8(12)3-7(6)9/h3-4H,5H2,1-2H3,(H,10,12). The number of aromatic amines is 1. The highest BCUT2D eigenvalue weighted by Crippen LogP contribution is 2.08. The monoisotopic (exact) mass is 278 g/mol. The van der Waals surface area contributed by atoms with Crippen molar-refractivity contribution in [3.63, 3.8) is 0 Å². The van der Waals surface area contributed by atoms with Crippen LogP contribution < -0.4 is 5.56 Å². The maximum atomic E-state index is 10.9. The van der Waals surface area contributed by atoms with Crippen LogP contribution in [0.1, 0.15) is 5.56 Å². The van der Waals surface area contributed by atoms with Crippen molar-refractivity contribution in [3.05, 3.63) is 31.8 Å². The first-order chi connectivity index (χ1) is 5.59. The van der Waals surface area contributed by atoms with E-state index in [4.69, 9.17) is 0 Å². The molecule has 0 aliphatic carbocycles. The number of nitrogens with zero attached hydrogens (tertiary/aromatic N) is 1. The molecule has 0 aliphatic heterocycles. The minimum atomic E-state index is -0.0399. The molecule has 1 rings (SSSR count). The SMILES string of the molecule is CN(C)Cc1c[nH]c(=O)cc1I. The van der Waals surface area contributed by atoms with Gasteiger partial charge in [-0.15, -0.1) is 0 Å². The van der Waals surface area contributed by atoms with Crippen molar-refractivity contribution in [1.29, 1.82) is 0 Å². The van der Waals surface area contributed by atoms with Gasteiger partial charge in [-0.05, 0) is 42.2 Å². The molecule has 0 unspecified atom stereocenters. The number of hydrogen-bond donors (Lipinski definition) is 1. The summed E-state index contributed by atoms with van der Waals surface area (Å²) in [6, 6.07) is 1.61. The summed E-state index contributed by atoms with van der Waals surface area (Å²) < 4.78 is 1.02. The van der Waals surface area contributed by atoms with Gasteiger partial charge in [-0.2, -0.15) is 0 Å². The molecular formula is C8H11IN2O. The van der Waals surface area contributed by atoms with Gasteiger partial charge in [-0.25, -0.2) is 0 Å². The van der Waals surface area contributed by atoms with Crippen LogP contribution in [-0.2, 0) is 6.54 Å². The zero-order valence-corrected chi connectivity index (χ0v) is 9.25. The van der Waals surface area contributed by atoms with Gasteiger partial charge in [0, 0.05) is 22.4 Å². The van der Waals surface area contributed by atoms with Crippen LogP contribution in [0.4, 0.5) is 0 Å². The predicted octanol–water partition coefficient (Wildman–Crippen LogP) is 1.04. The molecule has 1 heterocycles. The van der Waals surface area contributed by atoms with Gasteiger partial charge in [0.1, 0.15) is 0 Å². The summed E-state index contributed by atoms with van der Waals surface area (Å²) in [5.41, 5.74) is 1.11. The lowest BCUT2D eigenvalue weighted by molar-refractivity contribution is 0.401. The van der Waals surface area contributed by atoms with E-state index in [-0.39, 0.29) is 5.56 Å². The summed E-state index contributed by atoms with van der Waals surface area (Å²) in [6.07, 6.45) is 1.77. The molecule has 0 amide bonds. The van der Waals surface area contributed by atoms with Gasteiger partial charge in [0.2, 0.25) is 5.56 Å². The molecule has 1 aromatic rings. The Morgan fingerprint density at radius 1 is 1.58 bits per heavy atom. The molecule has 1 N–H and O–H groups in total. The van der Waals surface area contributed by atoms with Crippen molar-refractivity contribution < 1.29 is 0 Å². The molecule has 0 saturated heterocycles. The van der Waals surface area contributed by atoms with Gasteiger partial charge < -0.3 is 9.88 Å². The first kappa shape index (κ1) is 9.73. The van der Waals surface area contributed by atoms with Crippen LogP contribution >= 0.6 is 22.6 Å². The molecule has 12 heavy (non-hydrogen) atoms. The number of aromatic nitrogens is 1. The van der Waals surface area contributed by atoms with E-state index >= 15 is 0 Å². The summed E-state index contributed by atoms with van der Waals surface area (Å²) in [7, 11) is 4.00. The van der Waals surface area contributed by atoms with Gasteiger partial charge >= 0.3 is 0 Å². The summed E-state index contributed by atoms with van der Waals surface area (Å²) in [6.45, 7) is 0.856. The normalized spacial score (nSPS) is 10.7. The first-order valence-corrected chi connectivity index (χ1v) is 4.69. The Kier molecular flexibility index (Phi) is 3.28. The molecule has 0 spiro atoms. The third-order valence-corrected chi connectivity index (χ3v) is 2.44. The molecule has 4 heteroatoms. The molecule has 0 fully saturated rings. The van der Waals surface area contributed by atoms with E-state index in [1.54, 1.807) is 12.3 Å². The van der Waals surface area contributed by atoms with Crippen LogP contribution in [0.25, 0.3) is 0 Å². The molecule has 0 saturated carbocycles. The highest BCUT2D eigenvalue weighted by molar-refractivity contribution is 14.1. The molecule has 3 nitrogen and oxygen atoms in total. The Morgan fingerprint density at radius 2 is 2.25 bits per heavy atom. The van der Waals surface area contributed by atoms with Crippen LogP contribution in [0.5, 0.6) is 0 Å². The zero-order valence-electron chi connectivity index (χ0n) is 7.10. The molecule has 0 bridgehead atoms. The van der Waals surface area contributed by atoms with Crippen LogP contribution in [0, 0.1) is 3.57 Å². The molecule has 0 atom stereocenters. The van der Waals surface area contributed by atoms with E-state index in [2.05, 4.69) is 32.5 Å². The van der Waals surface area contributed by atoms with E-state index in [1.165, 1.54) is 0 Å². The average molecular weight is 278 g/mol. The molecule has 0 radical (unpaired) electrons. The van der Waals surface area contributed by atoms with Crippen LogP contribution in [0.3, 0.4) is 0 Å². The van der Waals surface area contributed by atoms with E-state index in [1.807, 2.05) is 14.1 Å². The molecule has 0 aromatic carbocycles. The third kappa shape index (κ3) is 2.60. The Labute approximate surface area is 84.9 Å². The van der Waals surface area contributed by atoms with E-state index in [9.17, 15) is 4.79 Å². The number of nitrogens with one attached hydrogen (secondary N) is 1. The highest BCUT2D eigenvalue weighted by atomic mass is 127. The van der Waals surface area contributed by atoms with Gasteiger partial charge in [-0.1, -0.05) is 0 Å². The minimum Gasteiger partial charge on any atom is -0.329 e. The van der Waals surface area contributed by atoms with Crippen molar-refractivity contribution in [1.82, 2.24) is 9.88 Å². The van der Waals surface area contributed by atoms with Gasteiger partial charge in [0.15, 0.2) is 0 Å². The second-order valence-corrected chi connectivity index (χ2v) is 4.07. The lowest BCUT2D eigenvalue weighted by atomic mass is 10.3. The fraction of sp³-hybridized carbons (Fsp3) is 0.375. The van der Waals surface area contributed by atoms with Gasteiger partial charge in [0.05, 0.1) is 0 Å². The fourth-order valence-corrected chi connectivity index (χ4v) is 1.55. The first-order valence-electron chi connectivity index (χ1n) is 3.61. The fourth-order valence-electron chi connectivity index (χ4n) is 0.939. The third-order valence-electron chi connectivity index (χ3n) is 1.44. The quantitative estimate of drug-likeness (QED) is 0.821. The van der Waals surface area contributed by atoms with Crippen molar-refractivity contribution in [3.8, 4) is 0 Å². The number of halogens is 1. The summed E-state index contributed by atoms with van der Waals surface area (Å²) >= 11 is 2.17. The van der Waals surface area contributed by atoms with Crippen molar-refractivity contribution in [2.45, 2.75) is 6.54 Å². The van der Waals surface area contributed by atoms with Crippen molar-refractivity contribution in [2.24, 2.45) is 0 Å². The average Bonchev–Trinajstić information content (AvgIpc) is 1.94. The van der Waals surface area contributed by atoms with E-state index in [0.717, 1.165) is 15.7 Å². The highest BCUT2D eigenvalue weighted by Gasteiger charge is 2.00. The number of pyridine rings is 1. The Hall–Kier alpha value is -0.360.